The highest BCUT2D eigenvalue weighted by atomic mass is 16.5. The zero-order chi connectivity index (χ0) is 28.3. The number of pyridine rings is 2. The summed E-state index contributed by atoms with van der Waals surface area (Å²) >= 11 is 0. The number of fused-ring (bicyclic) bond motifs is 1. The van der Waals surface area contributed by atoms with Gasteiger partial charge in [0.1, 0.15) is 23.1 Å². The van der Waals surface area contributed by atoms with Crippen LogP contribution in [0.1, 0.15) is 10.4 Å². The van der Waals surface area contributed by atoms with Crippen molar-refractivity contribution >= 4 is 34.2 Å². The molecule has 0 radical (unpaired) electrons. The van der Waals surface area contributed by atoms with Crippen LogP contribution >= 0.6 is 0 Å². The maximum Gasteiger partial charge on any atom is 0.256 e. The van der Waals surface area contributed by atoms with Crippen LogP contribution in [-0.4, -0.2) is 67.6 Å². The van der Waals surface area contributed by atoms with E-state index >= 15 is 0 Å². The summed E-state index contributed by atoms with van der Waals surface area (Å²) in [5.74, 6) is 1.55. The summed E-state index contributed by atoms with van der Waals surface area (Å²) in [6.45, 7) is 2.04. The largest absolute Gasteiger partial charge is 0.497 e. The summed E-state index contributed by atoms with van der Waals surface area (Å²) in [6, 6.07) is 17.3. The third-order valence-electron chi connectivity index (χ3n) is 5.89. The Morgan fingerprint density at radius 1 is 0.925 bits per heavy atom. The molecule has 4 rings (SSSR count). The van der Waals surface area contributed by atoms with Gasteiger partial charge in [-0.3, -0.25) is 14.6 Å². The molecule has 2 heterocycles. The standard InChI is InChI=1S/C30H31N5O5/c1-35(17-18-38-2)16-4-5-29(36)33-22-8-11-26-25(19-22)27(13-15-31-26)40-23-9-6-21(7-10-23)30(37)34-28-20-24(39-3)12-14-32-28/h4-15,19-20H,16-18H2,1-3H3,(H,33,36)(H,32,34,37)/b5-4+. The Bertz CT molecular complexity index is 1490. The molecule has 0 fully saturated rings. The van der Waals surface area contributed by atoms with Gasteiger partial charge in [0.2, 0.25) is 5.91 Å². The fraction of sp³-hybridized carbons (Fsp3) is 0.200. The number of rotatable bonds is 12. The van der Waals surface area contributed by atoms with E-state index in [1.807, 2.05) is 19.2 Å². The number of likely N-dealkylation sites (N-methyl/N-ethyl adjacent to an activating group) is 1. The van der Waals surface area contributed by atoms with Gasteiger partial charge in [-0.05, 0) is 61.6 Å². The zero-order valence-electron chi connectivity index (χ0n) is 22.6. The molecule has 40 heavy (non-hydrogen) atoms. The van der Waals surface area contributed by atoms with Gasteiger partial charge >= 0.3 is 0 Å². The average Bonchev–Trinajstić information content (AvgIpc) is 2.97. The van der Waals surface area contributed by atoms with Crippen LogP contribution in [-0.2, 0) is 9.53 Å². The molecule has 10 heteroatoms. The van der Waals surface area contributed by atoms with Gasteiger partial charge in [-0.2, -0.15) is 0 Å². The molecule has 2 aromatic heterocycles. The van der Waals surface area contributed by atoms with Crippen molar-refractivity contribution in [3.8, 4) is 17.2 Å². The molecule has 2 amide bonds. The van der Waals surface area contributed by atoms with E-state index in [2.05, 4.69) is 25.5 Å². The van der Waals surface area contributed by atoms with Crippen molar-refractivity contribution in [2.75, 3.05) is 51.6 Å². The third-order valence-corrected chi connectivity index (χ3v) is 5.89. The van der Waals surface area contributed by atoms with Gasteiger partial charge in [0, 0.05) is 61.4 Å². The van der Waals surface area contributed by atoms with Crippen molar-refractivity contribution in [1.82, 2.24) is 14.9 Å². The predicted octanol–water partition coefficient (Wildman–Crippen LogP) is 4.76. The lowest BCUT2D eigenvalue weighted by Gasteiger charge is -2.13. The number of amides is 2. The first-order chi connectivity index (χ1) is 19.4. The second kappa shape index (κ2) is 13.8. The van der Waals surface area contributed by atoms with Crippen molar-refractivity contribution in [3.63, 3.8) is 0 Å². The molecule has 0 unspecified atom stereocenters. The molecule has 0 saturated carbocycles. The SMILES string of the molecule is COCCN(C)C/C=C/C(=O)Nc1ccc2nccc(Oc3ccc(C(=O)Nc4cc(OC)ccn4)cc3)c2c1. The first-order valence-corrected chi connectivity index (χ1v) is 12.6. The van der Waals surface area contributed by atoms with Crippen LogP contribution in [0.25, 0.3) is 10.9 Å². The van der Waals surface area contributed by atoms with E-state index in [9.17, 15) is 9.59 Å². The molecule has 0 aliphatic carbocycles. The molecular formula is C30H31N5O5. The van der Waals surface area contributed by atoms with Crippen molar-refractivity contribution in [2.24, 2.45) is 0 Å². The van der Waals surface area contributed by atoms with Gasteiger partial charge in [-0.25, -0.2) is 4.98 Å². The van der Waals surface area contributed by atoms with Crippen molar-refractivity contribution in [3.05, 3.63) is 90.8 Å². The van der Waals surface area contributed by atoms with E-state index in [1.54, 1.807) is 81.2 Å². The van der Waals surface area contributed by atoms with E-state index in [0.717, 1.165) is 11.9 Å². The van der Waals surface area contributed by atoms with Gasteiger partial charge in [0.15, 0.2) is 0 Å². The number of hydrogen-bond acceptors (Lipinski definition) is 8. The topological polar surface area (TPSA) is 115 Å². The highest BCUT2D eigenvalue weighted by Gasteiger charge is 2.10. The second-order valence-electron chi connectivity index (χ2n) is 8.85. The van der Waals surface area contributed by atoms with Crippen LogP contribution in [0.5, 0.6) is 17.2 Å². The number of nitrogens with one attached hydrogen (secondary N) is 2. The minimum Gasteiger partial charge on any atom is -0.497 e. The van der Waals surface area contributed by atoms with E-state index in [-0.39, 0.29) is 11.8 Å². The summed E-state index contributed by atoms with van der Waals surface area (Å²) in [4.78, 5) is 35.6. The fourth-order valence-electron chi connectivity index (χ4n) is 3.75. The molecule has 2 N–H and O–H groups in total. The number of anilines is 2. The molecular weight excluding hydrogens is 510 g/mol. The maximum absolute atomic E-state index is 12.6. The number of hydrogen-bond donors (Lipinski definition) is 2. The normalized spacial score (nSPS) is 11.1. The highest BCUT2D eigenvalue weighted by Crippen LogP contribution is 2.31. The van der Waals surface area contributed by atoms with Crippen LogP contribution in [0.3, 0.4) is 0 Å². The Morgan fingerprint density at radius 3 is 2.50 bits per heavy atom. The molecule has 0 saturated heterocycles. The molecule has 0 aliphatic heterocycles. The lowest BCUT2D eigenvalue weighted by Crippen LogP contribution is -2.23. The van der Waals surface area contributed by atoms with Gasteiger partial charge in [0.05, 0.1) is 19.2 Å². The Kier molecular flexibility index (Phi) is 9.76. The van der Waals surface area contributed by atoms with Crippen LogP contribution < -0.4 is 20.1 Å². The molecule has 4 aromatic rings. The molecule has 0 atom stereocenters. The van der Waals surface area contributed by atoms with E-state index in [0.29, 0.717) is 53.0 Å². The van der Waals surface area contributed by atoms with Crippen molar-refractivity contribution in [1.29, 1.82) is 0 Å². The van der Waals surface area contributed by atoms with E-state index in [1.165, 1.54) is 6.08 Å². The minimum absolute atomic E-state index is 0.233. The Balaban J connectivity index is 1.41. The molecule has 206 valence electrons. The van der Waals surface area contributed by atoms with E-state index in [4.69, 9.17) is 14.2 Å². The van der Waals surface area contributed by atoms with Gasteiger partial charge < -0.3 is 29.7 Å². The van der Waals surface area contributed by atoms with Crippen molar-refractivity contribution in [2.45, 2.75) is 0 Å². The van der Waals surface area contributed by atoms with Crippen molar-refractivity contribution < 1.29 is 23.8 Å². The first-order valence-electron chi connectivity index (χ1n) is 12.6. The molecule has 0 bridgehead atoms. The average molecular weight is 542 g/mol. The number of aromatic nitrogens is 2. The monoisotopic (exact) mass is 541 g/mol. The Labute approximate surface area is 232 Å². The number of ether oxygens (including phenoxy) is 3. The van der Waals surface area contributed by atoms with Crippen LogP contribution in [0.2, 0.25) is 0 Å². The summed E-state index contributed by atoms with van der Waals surface area (Å²) in [5, 5.41) is 6.36. The smallest absolute Gasteiger partial charge is 0.256 e. The van der Waals surface area contributed by atoms with Crippen LogP contribution in [0.4, 0.5) is 11.5 Å². The number of nitrogens with zero attached hydrogens (tertiary/aromatic N) is 3. The Hall–Kier alpha value is -4.80. The minimum atomic E-state index is -0.308. The molecule has 2 aromatic carbocycles. The first kappa shape index (κ1) is 28.2. The fourth-order valence-corrected chi connectivity index (χ4v) is 3.75. The second-order valence-corrected chi connectivity index (χ2v) is 8.85. The van der Waals surface area contributed by atoms with Crippen LogP contribution in [0, 0.1) is 0 Å². The van der Waals surface area contributed by atoms with Gasteiger partial charge in [0.25, 0.3) is 5.91 Å². The summed E-state index contributed by atoms with van der Waals surface area (Å²) in [7, 11) is 5.17. The van der Waals surface area contributed by atoms with Crippen LogP contribution in [0.15, 0.2) is 85.2 Å². The molecule has 0 spiro atoms. The molecule has 0 aliphatic rings. The zero-order valence-corrected chi connectivity index (χ0v) is 22.6. The Morgan fingerprint density at radius 2 is 1.73 bits per heavy atom. The summed E-state index contributed by atoms with van der Waals surface area (Å²) < 4.78 is 16.3. The maximum atomic E-state index is 12.6. The number of carbonyl (C=O) groups is 2. The number of carbonyl (C=O) groups excluding carboxylic acids is 2. The number of benzene rings is 2. The highest BCUT2D eigenvalue weighted by molar-refractivity contribution is 6.04. The third kappa shape index (κ3) is 7.85. The lowest BCUT2D eigenvalue weighted by molar-refractivity contribution is -0.111. The van der Waals surface area contributed by atoms with Gasteiger partial charge in [-0.1, -0.05) is 6.08 Å². The lowest BCUT2D eigenvalue weighted by atomic mass is 10.1. The summed E-state index contributed by atoms with van der Waals surface area (Å²) in [6.07, 6.45) is 6.53. The molecule has 10 nitrogen and oxygen atoms in total. The quantitative estimate of drug-likeness (QED) is 0.247. The summed E-state index contributed by atoms with van der Waals surface area (Å²) in [5.41, 5.74) is 1.78. The predicted molar refractivity (Wildman–Crippen MR) is 154 cm³/mol. The van der Waals surface area contributed by atoms with E-state index < -0.39 is 0 Å². The number of methoxy groups -OCH3 is 2. The van der Waals surface area contributed by atoms with Gasteiger partial charge in [-0.15, -0.1) is 0 Å².